The fourth-order valence-corrected chi connectivity index (χ4v) is 2.92. The lowest BCUT2D eigenvalue weighted by Crippen LogP contribution is -2.25. The summed E-state index contributed by atoms with van der Waals surface area (Å²) < 4.78 is 0. The summed E-state index contributed by atoms with van der Waals surface area (Å²) in [5.74, 6) is 0. The first kappa shape index (κ1) is 18.2. The fraction of sp³-hybridized carbons (Fsp3) is 0.684. The van der Waals surface area contributed by atoms with Crippen LogP contribution in [0.2, 0.25) is 0 Å². The quantitative estimate of drug-likeness (QED) is 0.663. The molecular weight excluding hydrogens is 256 g/mol. The van der Waals surface area contributed by atoms with Gasteiger partial charge in [-0.1, -0.05) is 65.8 Å². The van der Waals surface area contributed by atoms with E-state index in [1.807, 2.05) is 0 Å². The maximum Gasteiger partial charge on any atom is 0.0230 e. The van der Waals surface area contributed by atoms with Crippen LogP contribution in [0.1, 0.15) is 41.5 Å². The highest BCUT2D eigenvalue weighted by Crippen LogP contribution is 2.27. The Bertz CT molecular complexity index is 358. The summed E-state index contributed by atoms with van der Waals surface area (Å²) in [7, 11) is 0. The summed E-state index contributed by atoms with van der Waals surface area (Å²) in [5, 5.41) is 0. The molecule has 1 aliphatic rings. The van der Waals surface area contributed by atoms with E-state index in [4.69, 9.17) is 0 Å². The van der Waals surface area contributed by atoms with Crippen molar-refractivity contribution in [2.45, 2.75) is 41.5 Å². The molecule has 0 aromatic carbocycles. The Morgan fingerprint density at radius 1 is 0.714 bits per heavy atom. The molecule has 2 heteroatoms. The number of nitrogens with zero attached hydrogens (tertiary/aromatic N) is 2. The van der Waals surface area contributed by atoms with Crippen molar-refractivity contribution in [3.63, 3.8) is 0 Å². The van der Waals surface area contributed by atoms with E-state index in [2.05, 4.69) is 75.6 Å². The van der Waals surface area contributed by atoms with Gasteiger partial charge < -0.3 is 0 Å². The third-order valence-electron chi connectivity index (χ3n) is 4.23. The number of likely N-dealkylation sites (N-methyl/N-ethyl adjacent to an activating group) is 2. The van der Waals surface area contributed by atoms with Gasteiger partial charge in [-0.3, -0.25) is 9.80 Å². The van der Waals surface area contributed by atoms with Gasteiger partial charge in [-0.25, -0.2) is 0 Å². The van der Waals surface area contributed by atoms with Gasteiger partial charge in [0.1, 0.15) is 0 Å². The Morgan fingerprint density at radius 2 is 1.05 bits per heavy atom. The normalized spacial score (nSPS) is 17.9. The molecule has 120 valence electrons. The maximum absolute atomic E-state index is 2.47. The van der Waals surface area contributed by atoms with E-state index in [9.17, 15) is 0 Å². The number of rotatable bonds is 8. The maximum atomic E-state index is 2.47. The van der Waals surface area contributed by atoms with E-state index in [1.165, 1.54) is 11.1 Å². The Kier molecular flexibility index (Phi) is 7.41. The predicted molar refractivity (Wildman–Crippen MR) is 94.7 cm³/mol. The summed E-state index contributed by atoms with van der Waals surface area (Å²) in [6.45, 7) is 20.1. The molecule has 0 fully saturated rings. The minimum atomic E-state index is 0.133. The minimum Gasteiger partial charge on any atom is -0.300 e. The van der Waals surface area contributed by atoms with Crippen molar-refractivity contribution in [3.05, 3.63) is 35.5 Å². The minimum absolute atomic E-state index is 0.133. The molecule has 0 heterocycles. The topological polar surface area (TPSA) is 6.48 Å². The van der Waals surface area contributed by atoms with E-state index in [0.29, 0.717) is 0 Å². The first-order valence-corrected chi connectivity index (χ1v) is 8.50. The summed E-state index contributed by atoms with van der Waals surface area (Å²) in [4.78, 5) is 4.95. The second-order valence-electron chi connectivity index (χ2n) is 6.52. The van der Waals surface area contributed by atoms with E-state index < -0.39 is 0 Å². The molecular formula is C19H34N2. The molecule has 0 aliphatic heterocycles. The lowest BCUT2D eigenvalue weighted by molar-refractivity contribution is 0.331. The van der Waals surface area contributed by atoms with Gasteiger partial charge in [-0.15, -0.1) is 0 Å². The van der Waals surface area contributed by atoms with Crippen LogP contribution < -0.4 is 0 Å². The zero-order valence-corrected chi connectivity index (χ0v) is 14.9. The smallest absolute Gasteiger partial charge is 0.0230 e. The van der Waals surface area contributed by atoms with E-state index >= 15 is 0 Å². The Hall–Kier alpha value is -0.860. The van der Waals surface area contributed by atoms with Gasteiger partial charge in [-0.05, 0) is 37.3 Å². The third kappa shape index (κ3) is 6.19. The monoisotopic (exact) mass is 290 g/mol. The first-order valence-electron chi connectivity index (χ1n) is 8.50. The molecule has 0 amide bonds. The zero-order valence-electron chi connectivity index (χ0n) is 14.9. The van der Waals surface area contributed by atoms with Gasteiger partial charge in [-0.2, -0.15) is 0 Å². The number of hydrogen-bond donors (Lipinski definition) is 0. The Balaban J connectivity index is 2.85. The molecule has 0 saturated heterocycles. The van der Waals surface area contributed by atoms with Crippen LogP contribution in [0.5, 0.6) is 0 Å². The average Bonchev–Trinajstić information content (AvgIpc) is 2.59. The van der Waals surface area contributed by atoms with Gasteiger partial charge in [0.05, 0.1) is 0 Å². The SMILES string of the molecule is CCN(CC)CC1=CC(C)(C)C=C(CN(CC)CC)C=C1. The predicted octanol–water partition coefficient (Wildman–Crippen LogP) is 4.12. The Morgan fingerprint density at radius 3 is 1.33 bits per heavy atom. The molecule has 0 spiro atoms. The van der Waals surface area contributed by atoms with Gasteiger partial charge in [0.2, 0.25) is 0 Å². The van der Waals surface area contributed by atoms with Crippen LogP contribution >= 0.6 is 0 Å². The zero-order chi connectivity index (χ0) is 15.9. The van der Waals surface area contributed by atoms with Crippen molar-refractivity contribution < 1.29 is 0 Å². The van der Waals surface area contributed by atoms with Gasteiger partial charge in [0.15, 0.2) is 0 Å². The molecule has 0 aromatic rings. The van der Waals surface area contributed by atoms with Crippen LogP contribution in [0.15, 0.2) is 35.5 Å². The third-order valence-corrected chi connectivity index (χ3v) is 4.23. The van der Waals surface area contributed by atoms with Crippen LogP contribution in [-0.4, -0.2) is 49.1 Å². The molecule has 0 N–H and O–H groups in total. The van der Waals surface area contributed by atoms with Crippen molar-refractivity contribution in [1.29, 1.82) is 0 Å². The summed E-state index contributed by atoms with van der Waals surface area (Å²) in [6, 6.07) is 0. The first-order chi connectivity index (χ1) is 9.93. The number of hydrogen-bond acceptors (Lipinski definition) is 2. The van der Waals surface area contributed by atoms with Crippen molar-refractivity contribution >= 4 is 0 Å². The average molecular weight is 290 g/mol. The molecule has 0 aromatic heterocycles. The number of allylic oxidation sites excluding steroid dienone is 2. The molecule has 21 heavy (non-hydrogen) atoms. The van der Waals surface area contributed by atoms with Crippen LogP contribution in [-0.2, 0) is 0 Å². The van der Waals surface area contributed by atoms with Crippen LogP contribution in [0, 0.1) is 5.41 Å². The fourth-order valence-electron chi connectivity index (χ4n) is 2.92. The molecule has 0 atom stereocenters. The standard InChI is InChI=1S/C19H34N2/c1-7-20(8-2)15-17-11-12-18(14-19(5,6)13-17)16-21(9-3)10-4/h11-14H,7-10,15-16H2,1-6H3. The molecule has 0 radical (unpaired) electrons. The molecule has 1 rings (SSSR count). The van der Waals surface area contributed by atoms with Crippen molar-refractivity contribution in [1.82, 2.24) is 9.80 Å². The second-order valence-corrected chi connectivity index (χ2v) is 6.52. The molecule has 0 saturated carbocycles. The highest BCUT2D eigenvalue weighted by Gasteiger charge is 2.17. The Labute approximate surface area is 132 Å². The van der Waals surface area contributed by atoms with E-state index in [1.54, 1.807) is 0 Å². The molecule has 2 nitrogen and oxygen atoms in total. The van der Waals surface area contributed by atoms with Gasteiger partial charge >= 0.3 is 0 Å². The van der Waals surface area contributed by atoms with Gasteiger partial charge in [0.25, 0.3) is 0 Å². The van der Waals surface area contributed by atoms with Crippen LogP contribution in [0.4, 0.5) is 0 Å². The summed E-state index contributed by atoms with van der Waals surface area (Å²) in [6.07, 6.45) is 9.50. The van der Waals surface area contributed by atoms with Crippen LogP contribution in [0.3, 0.4) is 0 Å². The summed E-state index contributed by atoms with van der Waals surface area (Å²) in [5.41, 5.74) is 3.01. The molecule has 0 bridgehead atoms. The lowest BCUT2D eigenvalue weighted by atomic mass is 9.89. The van der Waals surface area contributed by atoms with E-state index in [0.717, 1.165) is 39.3 Å². The highest BCUT2D eigenvalue weighted by atomic mass is 15.1. The molecule has 0 unspecified atom stereocenters. The van der Waals surface area contributed by atoms with Crippen molar-refractivity contribution in [2.75, 3.05) is 39.3 Å². The van der Waals surface area contributed by atoms with Crippen LogP contribution in [0.25, 0.3) is 0 Å². The van der Waals surface area contributed by atoms with Crippen molar-refractivity contribution in [3.8, 4) is 0 Å². The molecule has 1 aliphatic carbocycles. The largest absolute Gasteiger partial charge is 0.300 e. The van der Waals surface area contributed by atoms with Crippen molar-refractivity contribution in [2.24, 2.45) is 5.41 Å². The van der Waals surface area contributed by atoms with Gasteiger partial charge in [0, 0.05) is 18.5 Å². The second kappa shape index (κ2) is 8.55. The summed E-state index contributed by atoms with van der Waals surface area (Å²) >= 11 is 0. The highest BCUT2D eigenvalue weighted by molar-refractivity contribution is 5.37. The van der Waals surface area contributed by atoms with E-state index in [-0.39, 0.29) is 5.41 Å². The lowest BCUT2D eigenvalue weighted by Gasteiger charge is -2.22.